The molecule has 0 saturated carbocycles. The lowest BCUT2D eigenvalue weighted by Gasteiger charge is -2.30. The number of carbonyl (C=O) groups excluding carboxylic acids is 1. The highest BCUT2D eigenvalue weighted by Gasteiger charge is 2.19. The molecular weight excluding hydrogens is 336 g/mol. The standard InChI is InChI=1S/C19H22N4O.ClH/c20-19(21-15-18(24)16-7-3-1-4-8-16)23-13-11-22(12-14-23)17-9-5-2-6-10-17;/h1-10H,11-15H2,(H2,20,21);1H. The molecule has 2 aromatic rings. The SMILES string of the molecule is NC(NCC(=O)c1ccccc1)=[N+]1CCN(c2ccccc2)CC1.[Cl-]. The maximum Gasteiger partial charge on any atom is 0.343 e. The van der Waals surface area contributed by atoms with E-state index in [0.717, 1.165) is 26.2 Å². The number of piperazine rings is 1. The van der Waals surface area contributed by atoms with Crippen molar-refractivity contribution >= 4 is 17.4 Å². The van der Waals surface area contributed by atoms with Gasteiger partial charge in [0.1, 0.15) is 6.54 Å². The Hall–Kier alpha value is -2.53. The molecule has 5 nitrogen and oxygen atoms in total. The number of hydrogen-bond acceptors (Lipinski definition) is 2. The van der Waals surface area contributed by atoms with Crippen molar-refractivity contribution in [1.82, 2.24) is 5.32 Å². The first kappa shape index (κ1) is 18.8. The predicted molar refractivity (Wildman–Crippen MR) is 96.6 cm³/mol. The molecule has 25 heavy (non-hydrogen) atoms. The van der Waals surface area contributed by atoms with E-state index in [1.807, 2.05) is 36.4 Å². The number of carbonyl (C=O) groups is 1. The smallest absolute Gasteiger partial charge is 0.343 e. The maximum absolute atomic E-state index is 12.1. The second-order valence-electron chi connectivity index (χ2n) is 5.84. The molecular formula is C19H23ClN4O. The number of para-hydroxylation sites is 1. The van der Waals surface area contributed by atoms with Crippen molar-refractivity contribution in [2.75, 3.05) is 37.6 Å². The molecule has 1 fully saturated rings. The first-order chi connectivity index (χ1) is 11.7. The summed E-state index contributed by atoms with van der Waals surface area (Å²) in [4.78, 5) is 14.5. The highest BCUT2D eigenvalue weighted by molar-refractivity contribution is 5.99. The minimum absolute atomic E-state index is 0. The van der Waals surface area contributed by atoms with Crippen molar-refractivity contribution in [3.63, 3.8) is 0 Å². The van der Waals surface area contributed by atoms with Gasteiger partial charge in [-0.2, -0.15) is 0 Å². The number of nitrogens with one attached hydrogen (secondary N) is 1. The van der Waals surface area contributed by atoms with E-state index in [1.54, 1.807) is 0 Å². The molecule has 0 aromatic heterocycles. The van der Waals surface area contributed by atoms with Crippen LogP contribution in [-0.2, 0) is 0 Å². The van der Waals surface area contributed by atoms with Gasteiger partial charge in [0.05, 0.1) is 13.1 Å². The molecule has 1 saturated heterocycles. The Kier molecular flexibility index (Phi) is 6.83. The fraction of sp³-hybridized carbons (Fsp3) is 0.263. The molecule has 0 aliphatic carbocycles. The fourth-order valence-electron chi connectivity index (χ4n) is 2.85. The molecule has 2 aromatic carbocycles. The van der Waals surface area contributed by atoms with Gasteiger partial charge in [-0.1, -0.05) is 48.5 Å². The summed E-state index contributed by atoms with van der Waals surface area (Å²) in [6.45, 7) is 3.73. The Labute approximate surface area is 154 Å². The summed E-state index contributed by atoms with van der Waals surface area (Å²) in [7, 11) is 0. The van der Waals surface area contributed by atoms with Crippen LogP contribution in [0.5, 0.6) is 0 Å². The normalized spacial score (nSPS) is 13.8. The molecule has 3 rings (SSSR count). The van der Waals surface area contributed by atoms with Crippen molar-refractivity contribution < 1.29 is 21.8 Å². The van der Waals surface area contributed by atoms with Gasteiger partial charge < -0.3 is 17.3 Å². The van der Waals surface area contributed by atoms with E-state index in [2.05, 4.69) is 39.1 Å². The zero-order valence-electron chi connectivity index (χ0n) is 14.1. The van der Waals surface area contributed by atoms with Crippen LogP contribution in [0.3, 0.4) is 0 Å². The minimum atomic E-state index is 0. The zero-order chi connectivity index (χ0) is 16.8. The van der Waals surface area contributed by atoms with Gasteiger partial charge >= 0.3 is 5.96 Å². The van der Waals surface area contributed by atoms with Crippen LogP contribution in [0.2, 0.25) is 0 Å². The third kappa shape index (κ3) is 4.97. The molecule has 1 aliphatic heterocycles. The second-order valence-corrected chi connectivity index (χ2v) is 5.84. The van der Waals surface area contributed by atoms with Crippen LogP contribution in [0.1, 0.15) is 10.4 Å². The molecule has 0 bridgehead atoms. The Morgan fingerprint density at radius 1 is 1.00 bits per heavy atom. The highest BCUT2D eigenvalue weighted by Crippen LogP contribution is 2.14. The average Bonchev–Trinajstić information content (AvgIpc) is 2.67. The van der Waals surface area contributed by atoms with Gasteiger partial charge in [-0.3, -0.25) is 20.4 Å². The lowest BCUT2D eigenvalue weighted by molar-refractivity contribution is -0.532. The molecule has 0 spiro atoms. The number of nitrogens with two attached hydrogens (primary N) is 1. The van der Waals surface area contributed by atoms with Crippen molar-refractivity contribution in [2.24, 2.45) is 5.73 Å². The largest absolute Gasteiger partial charge is 1.00 e. The average molecular weight is 359 g/mol. The highest BCUT2D eigenvalue weighted by atomic mass is 35.5. The van der Waals surface area contributed by atoms with E-state index in [9.17, 15) is 4.79 Å². The first-order valence-electron chi connectivity index (χ1n) is 8.23. The third-order valence-corrected chi connectivity index (χ3v) is 4.27. The van der Waals surface area contributed by atoms with Crippen molar-refractivity contribution in [3.05, 3.63) is 66.2 Å². The van der Waals surface area contributed by atoms with Gasteiger partial charge in [-0.25, -0.2) is 0 Å². The maximum atomic E-state index is 12.1. The van der Waals surface area contributed by atoms with E-state index in [0.29, 0.717) is 11.5 Å². The van der Waals surface area contributed by atoms with E-state index in [1.165, 1.54) is 5.69 Å². The Bertz CT molecular complexity index is 709. The van der Waals surface area contributed by atoms with Crippen LogP contribution in [0, 0.1) is 0 Å². The van der Waals surface area contributed by atoms with E-state index in [-0.39, 0.29) is 24.7 Å². The van der Waals surface area contributed by atoms with Gasteiger partial charge in [-0.05, 0) is 12.1 Å². The molecule has 1 heterocycles. The predicted octanol–water partition coefficient (Wildman–Crippen LogP) is -1.69. The number of ketones is 1. The topological polar surface area (TPSA) is 61.4 Å². The van der Waals surface area contributed by atoms with Crippen LogP contribution < -0.4 is 28.4 Å². The van der Waals surface area contributed by atoms with Gasteiger partial charge in [0.25, 0.3) is 0 Å². The Morgan fingerprint density at radius 2 is 1.56 bits per heavy atom. The van der Waals surface area contributed by atoms with Crippen LogP contribution in [0.4, 0.5) is 5.69 Å². The van der Waals surface area contributed by atoms with Crippen molar-refractivity contribution in [3.8, 4) is 0 Å². The molecule has 132 valence electrons. The zero-order valence-corrected chi connectivity index (χ0v) is 14.8. The summed E-state index contributed by atoms with van der Waals surface area (Å²) in [5.41, 5.74) is 8.06. The minimum Gasteiger partial charge on any atom is -1.00 e. The number of rotatable bonds is 4. The molecule has 0 radical (unpaired) electrons. The summed E-state index contributed by atoms with van der Waals surface area (Å²) >= 11 is 0. The number of hydrogen-bond donors (Lipinski definition) is 2. The fourth-order valence-corrected chi connectivity index (χ4v) is 2.85. The van der Waals surface area contributed by atoms with Crippen LogP contribution >= 0.6 is 0 Å². The number of halogens is 1. The van der Waals surface area contributed by atoms with Crippen LogP contribution in [0.25, 0.3) is 0 Å². The van der Waals surface area contributed by atoms with E-state index in [4.69, 9.17) is 5.73 Å². The van der Waals surface area contributed by atoms with Crippen molar-refractivity contribution in [1.29, 1.82) is 0 Å². The summed E-state index contributed by atoms with van der Waals surface area (Å²) in [6, 6.07) is 19.6. The number of anilines is 1. The molecule has 0 atom stereocenters. The monoisotopic (exact) mass is 358 g/mol. The lowest BCUT2D eigenvalue weighted by Crippen LogP contribution is -3.00. The number of Topliss-reactive ketones (excluding diaryl/α,β-unsaturated/α-hetero) is 1. The van der Waals surface area contributed by atoms with Gasteiger partial charge in [0.2, 0.25) is 0 Å². The number of nitrogens with zero attached hydrogens (tertiary/aromatic N) is 2. The second kappa shape index (κ2) is 9.08. The first-order valence-corrected chi connectivity index (χ1v) is 8.23. The van der Waals surface area contributed by atoms with E-state index < -0.39 is 0 Å². The molecule has 3 N–H and O–H groups in total. The third-order valence-electron chi connectivity index (χ3n) is 4.27. The summed E-state index contributed by atoms with van der Waals surface area (Å²) < 4.78 is 2.09. The molecule has 0 unspecified atom stereocenters. The van der Waals surface area contributed by atoms with Crippen molar-refractivity contribution in [2.45, 2.75) is 0 Å². The summed E-state index contributed by atoms with van der Waals surface area (Å²) in [6.07, 6.45) is 0. The summed E-state index contributed by atoms with van der Waals surface area (Å²) in [5.74, 6) is 0.619. The lowest BCUT2D eigenvalue weighted by atomic mass is 10.1. The van der Waals surface area contributed by atoms with Gasteiger partial charge in [-0.15, -0.1) is 0 Å². The van der Waals surface area contributed by atoms with Crippen LogP contribution in [0.15, 0.2) is 60.7 Å². The Balaban J connectivity index is 0.00000225. The number of benzene rings is 2. The van der Waals surface area contributed by atoms with Gasteiger partial charge in [0, 0.05) is 24.3 Å². The summed E-state index contributed by atoms with van der Waals surface area (Å²) in [5, 5.41) is 3.06. The molecule has 1 aliphatic rings. The quantitative estimate of drug-likeness (QED) is 0.389. The molecule has 0 amide bonds. The number of guanidine groups is 1. The van der Waals surface area contributed by atoms with Crippen LogP contribution in [-0.4, -0.2) is 49.0 Å². The molecule has 6 heteroatoms. The van der Waals surface area contributed by atoms with Gasteiger partial charge in [0.15, 0.2) is 5.78 Å². The Morgan fingerprint density at radius 3 is 2.16 bits per heavy atom. The van der Waals surface area contributed by atoms with E-state index >= 15 is 0 Å².